The highest BCUT2D eigenvalue weighted by atomic mass is 15.0. The molecule has 0 atom stereocenters. The van der Waals surface area contributed by atoms with Crippen molar-refractivity contribution in [3.63, 3.8) is 0 Å². The predicted octanol–water partition coefficient (Wildman–Crippen LogP) is 7.53. The summed E-state index contributed by atoms with van der Waals surface area (Å²) in [7, 11) is 0. The summed E-state index contributed by atoms with van der Waals surface area (Å²) in [5.74, 6) is 0. The zero-order valence-electron chi connectivity index (χ0n) is 18.1. The Morgan fingerprint density at radius 3 is 1.35 bits per heavy atom. The summed E-state index contributed by atoms with van der Waals surface area (Å²) >= 11 is 0. The molecule has 0 amide bonds. The lowest BCUT2D eigenvalue weighted by Crippen LogP contribution is -1.95. The van der Waals surface area contributed by atoms with Crippen LogP contribution in [-0.4, -0.2) is 9.13 Å². The minimum atomic E-state index is 0.935. The third-order valence-corrected chi connectivity index (χ3v) is 6.78. The van der Waals surface area contributed by atoms with Crippen LogP contribution in [0.3, 0.4) is 0 Å². The molecule has 2 nitrogen and oxygen atoms in total. The molecule has 0 aliphatic heterocycles. The summed E-state index contributed by atoms with van der Waals surface area (Å²) in [6.45, 7) is 6.43. The third-order valence-electron chi connectivity index (χ3n) is 6.78. The van der Waals surface area contributed by atoms with Crippen molar-refractivity contribution >= 4 is 43.6 Å². The van der Waals surface area contributed by atoms with Crippen LogP contribution in [0.25, 0.3) is 43.6 Å². The SMILES string of the molecule is CCn1c2ccccc2c2c(Cc3cccc4c3c3ccccc3n4CC)cccc21. The van der Waals surface area contributed by atoms with Crippen LogP contribution in [0.4, 0.5) is 0 Å². The van der Waals surface area contributed by atoms with Crippen LogP contribution < -0.4 is 0 Å². The Morgan fingerprint density at radius 1 is 0.484 bits per heavy atom. The van der Waals surface area contributed by atoms with Gasteiger partial charge in [-0.15, -0.1) is 0 Å². The van der Waals surface area contributed by atoms with Gasteiger partial charge in [-0.05, 0) is 55.7 Å². The molecule has 2 aromatic heterocycles. The minimum absolute atomic E-state index is 0.935. The fourth-order valence-electron chi connectivity index (χ4n) is 5.53. The smallest absolute Gasteiger partial charge is 0.0494 e. The lowest BCUT2D eigenvalue weighted by Gasteiger charge is -2.09. The molecule has 31 heavy (non-hydrogen) atoms. The standard InChI is InChI=1S/C29H26N2/c1-3-30-24-15-7-5-13-22(24)28-20(11-9-17-26(28)30)19-21-12-10-18-27-29(21)23-14-6-8-16-25(23)31(27)4-2/h5-18H,3-4,19H2,1-2H3. The fourth-order valence-corrected chi connectivity index (χ4v) is 5.53. The molecule has 0 saturated carbocycles. The highest BCUT2D eigenvalue weighted by molar-refractivity contribution is 6.12. The van der Waals surface area contributed by atoms with E-state index in [9.17, 15) is 0 Å². The lowest BCUT2D eigenvalue weighted by atomic mass is 9.96. The average Bonchev–Trinajstić information content (AvgIpc) is 3.32. The summed E-state index contributed by atoms with van der Waals surface area (Å²) in [6, 6.07) is 31.3. The number of nitrogens with zero attached hydrogens (tertiary/aromatic N) is 2. The Labute approximate surface area is 182 Å². The van der Waals surface area contributed by atoms with Gasteiger partial charge in [0.25, 0.3) is 0 Å². The molecule has 0 aliphatic rings. The first kappa shape index (κ1) is 18.3. The molecule has 0 spiro atoms. The largest absolute Gasteiger partial charge is 0.341 e. The van der Waals surface area contributed by atoms with Gasteiger partial charge in [0.05, 0.1) is 0 Å². The molecule has 0 N–H and O–H groups in total. The van der Waals surface area contributed by atoms with Gasteiger partial charge in [0.1, 0.15) is 0 Å². The first-order chi connectivity index (χ1) is 15.3. The van der Waals surface area contributed by atoms with Crippen LogP contribution in [0.15, 0.2) is 84.9 Å². The van der Waals surface area contributed by atoms with E-state index in [1.54, 1.807) is 0 Å². The van der Waals surface area contributed by atoms with Gasteiger partial charge in [-0.25, -0.2) is 0 Å². The van der Waals surface area contributed by atoms with Crippen molar-refractivity contribution in [3.05, 3.63) is 96.1 Å². The van der Waals surface area contributed by atoms with Gasteiger partial charge in [0, 0.05) is 56.7 Å². The number of benzene rings is 4. The Balaban J connectivity index is 1.64. The van der Waals surface area contributed by atoms with Crippen molar-refractivity contribution in [2.75, 3.05) is 0 Å². The third kappa shape index (κ3) is 2.58. The van der Waals surface area contributed by atoms with E-state index in [0.717, 1.165) is 19.5 Å². The van der Waals surface area contributed by atoms with E-state index in [4.69, 9.17) is 0 Å². The van der Waals surface area contributed by atoms with Crippen LogP contribution in [0.1, 0.15) is 25.0 Å². The number of para-hydroxylation sites is 2. The highest BCUT2D eigenvalue weighted by Crippen LogP contribution is 2.36. The second-order valence-corrected chi connectivity index (χ2v) is 8.32. The van der Waals surface area contributed by atoms with Gasteiger partial charge in [0.2, 0.25) is 0 Å². The topological polar surface area (TPSA) is 9.86 Å². The van der Waals surface area contributed by atoms with Crippen LogP contribution >= 0.6 is 0 Å². The molecule has 0 saturated heterocycles. The quantitative estimate of drug-likeness (QED) is 0.288. The first-order valence-electron chi connectivity index (χ1n) is 11.3. The molecule has 0 bridgehead atoms. The molecule has 2 heterocycles. The number of aromatic nitrogens is 2. The highest BCUT2D eigenvalue weighted by Gasteiger charge is 2.16. The molecular weight excluding hydrogens is 376 g/mol. The van der Waals surface area contributed by atoms with Gasteiger partial charge in [-0.3, -0.25) is 0 Å². The lowest BCUT2D eigenvalue weighted by molar-refractivity contribution is 0.827. The molecule has 152 valence electrons. The van der Waals surface area contributed by atoms with Gasteiger partial charge >= 0.3 is 0 Å². The number of fused-ring (bicyclic) bond motifs is 6. The van der Waals surface area contributed by atoms with E-state index >= 15 is 0 Å². The second kappa shape index (κ2) is 7.02. The zero-order chi connectivity index (χ0) is 20.9. The Morgan fingerprint density at radius 2 is 0.903 bits per heavy atom. The fraction of sp³-hybridized carbons (Fsp3) is 0.172. The normalized spacial score (nSPS) is 11.9. The van der Waals surface area contributed by atoms with Crippen molar-refractivity contribution in [2.24, 2.45) is 0 Å². The Kier molecular flexibility index (Phi) is 4.14. The molecule has 6 aromatic rings. The number of hydrogen-bond acceptors (Lipinski definition) is 0. The van der Waals surface area contributed by atoms with Crippen LogP contribution in [0.5, 0.6) is 0 Å². The molecule has 6 rings (SSSR count). The summed E-state index contributed by atoms with van der Waals surface area (Å²) in [5, 5.41) is 5.52. The second-order valence-electron chi connectivity index (χ2n) is 8.32. The van der Waals surface area contributed by atoms with Crippen molar-refractivity contribution in [3.8, 4) is 0 Å². The van der Waals surface area contributed by atoms with Crippen molar-refractivity contribution < 1.29 is 0 Å². The Bertz CT molecular complexity index is 1460. The van der Waals surface area contributed by atoms with Crippen molar-refractivity contribution in [2.45, 2.75) is 33.4 Å². The molecule has 4 aromatic carbocycles. The number of aryl methyl sites for hydroxylation is 2. The maximum atomic E-state index is 2.44. The van der Waals surface area contributed by atoms with Crippen molar-refractivity contribution in [1.29, 1.82) is 0 Å². The summed E-state index contributed by atoms with van der Waals surface area (Å²) in [6.07, 6.45) is 0.935. The van der Waals surface area contributed by atoms with E-state index in [2.05, 4.69) is 108 Å². The van der Waals surface area contributed by atoms with Gasteiger partial charge in [0.15, 0.2) is 0 Å². The maximum Gasteiger partial charge on any atom is 0.0494 e. The van der Waals surface area contributed by atoms with Gasteiger partial charge in [-0.1, -0.05) is 60.7 Å². The van der Waals surface area contributed by atoms with Gasteiger partial charge < -0.3 is 9.13 Å². The van der Waals surface area contributed by atoms with E-state index < -0.39 is 0 Å². The minimum Gasteiger partial charge on any atom is -0.341 e. The van der Waals surface area contributed by atoms with E-state index in [1.807, 2.05) is 0 Å². The predicted molar refractivity (Wildman–Crippen MR) is 133 cm³/mol. The number of rotatable bonds is 4. The molecular formula is C29H26N2. The zero-order valence-corrected chi connectivity index (χ0v) is 18.1. The molecule has 0 fully saturated rings. The van der Waals surface area contributed by atoms with Crippen molar-refractivity contribution in [1.82, 2.24) is 9.13 Å². The number of hydrogen-bond donors (Lipinski definition) is 0. The van der Waals surface area contributed by atoms with Crippen LogP contribution in [0, 0.1) is 0 Å². The van der Waals surface area contributed by atoms with Crippen LogP contribution in [-0.2, 0) is 19.5 Å². The summed E-state index contributed by atoms with van der Waals surface area (Å²) < 4.78 is 4.88. The van der Waals surface area contributed by atoms with Crippen LogP contribution in [0.2, 0.25) is 0 Å². The van der Waals surface area contributed by atoms with E-state index in [1.165, 1.54) is 54.7 Å². The first-order valence-corrected chi connectivity index (χ1v) is 11.3. The molecule has 0 aliphatic carbocycles. The molecule has 0 radical (unpaired) electrons. The van der Waals surface area contributed by atoms with E-state index in [0.29, 0.717) is 0 Å². The average molecular weight is 403 g/mol. The summed E-state index contributed by atoms with van der Waals surface area (Å²) in [4.78, 5) is 0. The summed E-state index contributed by atoms with van der Waals surface area (Å²) in [5.41, 5.74) is 8.14. The molecule has 2 heteroatoms. The maximum absolute atomic E-state index is 2.44. The molecule has 0 unspecified atom stereocenters. The van der Waals surface area contributed by atoms with E-state index in [-0.39, 0.29) is 0 Å². The van der Waals surface area contributed by atoms with Gasteiger partial charge in [-0.2, -0.15) is 0 Å². The Hall–Kier alpha value is -3.52. The monoisotopic (exact) mass is 402 g/mol.